The van der Waals surface area contributed by atoms with Gasteiger partial charge in [0.1, 0.15) is 11.6 Å². The van der Waals surface area contributed by atoms with E-state index in [1.165, 1.54) is 57.1 Å². The van der Waals surface area contributed by atoms with Gasteiger partial charge in [-0.15, -0.1) is 0 Å². The topological polar surface area (TPSA) is 40.7 Å². The fourth-order valence-electron chi connectivity index (χ4n) is 3.66. The third-order valence-corrected chi connectivity index (χ3v) is 5.15. The van der Waals surface area contributed by atoms with Crippen LogP contribution in [0.4, 0.5) is 4.39 Å². The van der Waals surface area contributed by atoms with Crippen molar-refractivity contribution in [1.29, 1.82) is 0 Å². The molecule has 4 heteroatoms. The average Bonchev–Trinajstić information content (AvgIpc) is 3.31. The van der Waals surface area contributed by atoms with E-state index in [2.05, 4.69) is 10.3 Å². The summed E-state index contributed by atoms with van der Waals surface area (Å²) >= 11 is 0. The van der Waals surface area contributed by atoms with E-state index in [4.69, 9.17) is 4.98 Å². The Kier molecular flexibility index (Phi) is 4.17. The Labute approximate surface area is 136 Å². The van der Waals surface area contributed by atoms with Gasteiger partial charge < -0.3 is 10.3 Å². The molecule has 0 spiro atoms. The fraction of sp³-hybridized carbons (Fsp3) is 0.526. The molecule has 0 saturated heterocycles. The molecule has 2 N–H and O–H groups in total. The first kappa shape index (κ1) is 14.9. The Morgan fingerprint density at radius 3 is 2.48 bits per heavy atom. The minimum absolute atomic E-state index is 0.209. The van der Waals surface area contributed by atoms with Crippen LogP contribution in [0.5, 0.6) is 0 Å². The molecule has 0 radical (unpaired) electrons. The molecule has 2 aliphatic carbocycles. The van der Waals surface area contributed by atoms with Crippen molar-refractivity contribution >= 4 is 0 Å². The highest BCUT2D eigenvalue weighted by Gasteiger charge is 2.35. The zero-order valence-corrected chi connectivity index (χ0v) is 13.4. The number of rotatable bonds is 5. The summed E-state index contributed by atoms with van der Waals surface area (Å²) in [4.78, 5) is 8.16. The van der Waals surface area contributed by atoms with Gasteiger partial charge in [-0.1, -0.05) is 19.3 Å². The van der Waals surface area contributed by atoms with Gasteiger partial charge in [-0.05, 0) is 55.9 Å². The van der Waals surface area contributed by atoms with Gasteiger partial charge in [0.15, 0.2) is 0 Å². The molecule has 1 atom stereocenters. The number of halogens is 1. The van der Waals surface area contributed by atoms with E-state index in [1.807, 2.05) is 6.20 Å². The lowest BCUT2D eigenvalue weighted by atomic mass is 9.94. The Hall–Kier alpha value is -1.68. The Morgan fingerprint density at radius 1 is 1.04 bits per heavy atom. The summed E-state index contributed by atoms with van der Waals surface area (Å²) < 4.78 is 13.1. The summed E-state index contributed by atoms with van der Waals surface area (Å²) in [5, 5.41) is 3.85. The van der Waals surface area contributed by atoms with Crippen molar-refractivity contribution in [3.05, 3.63) is 42.1 Å². The summed E-state index contributed by atoms with van der Waals surface area (Å²) in [6.07, 6.45) is 11.2. The summed E-state index contributed by atoms with van der Waals surface area (Å²) in [7, 11) is 0. The van der Waals surface area contributed by atoms with E-state index in [-0.39, 0.29) is 5.82 Å². The molecule has 2 aliphatic rings. The number of hydrogen-bond acceptors (Lipinski definition) is 2. The van der Waals surface area contributed by atoms with Gasteiger partial charge in [-0.2, -0.15) is 0 Å². The Bertz CT molecular complexity index is 639. The number of imidazole rings is 1. The molecular formula is C19H24FN3. The fourth-order valence-corrected chi connectivity index (χ4v) is 3.66. The number of nitrogens with one attached hydrogen (secondary N) is 2. The molecule has 4 rings (SSSR count). The van der Waals surface area contributed by atoms with Gasteiger partial charge in [-0.25, -0.2) is 9.37 Å². The maximum Gasteiger partial charge on any atom is 0.124 e. The minimum atomic E-state index is -0.209. The van der Waals surface area contributed by atoms with Crippen LogP contribution < -0.4 is 5.32 Å². The van der Waals surface area contributed by atoms with Crippen LogP contribution in [-0.2, 0) is 0 Å². The highest BCUT2D eigenvalue weighted by molar-refractivity contribution is 5.58. The summed E-state index contributed by atoms with van der Waals surface area (Å²) in [6, 6.07) is 7.53. The molecular weight excluding hydrogens is 289 g/mol. The first-order valence-corrected chi connectivity index (χ1v) is 8.87. The minimum Gasteiger partial charge on any atom is -0.347 e. The lowest BCUT2D eigenvalue weighted by molar-refractivity contribution is 0.317. The van der Waals surface area contributed by atoms with Crippen molar-refractivity contribution in [2.45, 2.75) is 57.0 Å². The third kappa shape index (κ3) is 3.47. The molecule has 3 nitrogen and oxygen atoms in total. The molecule has 0 bridgehead atoms. The van der Waals surface area contributed by atoms with E-state index in [1.54, 1.807) is 12.1 Å². The summed E-state index contributed by atoms with van der Waals surface area (Å²) in [5.74, 6) is 1.54. The molecule has 2 saturated carbocycles. The zero-order valence-electron chi connectivity index (χ0n) is 13.4. The maximum atomic E-state index is 13.1. The molecule has 2 aromatic rings. The van der Waals surface area contributed by atoms with E-state index < -0.39 is 0 Å². The van der Waals surface area contributed by atoms with E-state index >= 15 is 0 Å². The largest absolute Gasteiger partial charge is 0.347 e. The highest BCUT2D eigenvalue weighted by Crippen LogP contribution is 2.41. The second kappa shape index (κ2) is 6.44. The average molecular weight is 313 g/mol. The predicted molar refractivity (Wildman–Crippen MR) is 89.5 cm³/mol. The van der Waals surface area contributed by atoms with E-state index in [0.29, 0.717) is 18.0 Å². The van der Waals surface area contributed by atoms with Gasteiger partial charge >= 0.3 is 0 Å². The first-order chi connectivity index (χ1) is 11.3. The van der Waals surface area contributed by atoms with Crippen LogP contribution in [-0.4, -0.2) is 16.0 Å². The van der Waals surface area contributed by atoms with Crippen LogP contribution in [0.3, 0.4) is 0 Å². The number of aromatic amines is 1. The van der Waals surface area contributed by atoms with Crippen LogP contribution in [0.2, 0.25) is 0 Å². The molecule has 0 aliphatic heterocycles. The number of nitrogens with zero attached hydrogens (tertiary/aromatic N) is 1. The number of benzene rings is 1. The Morgan fingerprint density at radius 2 is 1.78 bits per heavy atom. The number of H-pyrrole nitrogens is 1. The standard InChI is InChI=1S/C19H24FN3/c20-15-10-8-13(9-11-15)17-12-21-19(23-17)18(14-6-7-14)22-16-4-2-1-3-5-16/h8-12,14,16,18,22H,1-7H2,(H,21,23)/t18-/m1/s1. The van der Waals surface area contributed by atoms with Crippen molar-refractivity contribution in [1.82, 2.24) is 15.3 Å². The zero-order chi connectivity index (χ0) is 15.6. The van der Waals surface area contributed by atoms with Gasteiger partial charge in [0.05, 0.1) is 11.7 Å². The second-order valence-corrected chi connectivity index (χ2v) is 6.99. The SMILES string of the molecule is Fc1ccc(-c2c[nH]c([C@H](NC3CCCCC3)C3CC3)n2)cc1. The monoisotopic (exact) mass is 313 g/mol. The molecule has 23 heavy (non-hydrogen) atoms. The molecule has 122 valence electrons. The second-order valence-electron chi connectivity index (χ2n) is 6.99. The third-order valence-electron chi connectivity index (χ3n) is 5.15. The number of hydrogen-bond donors (Lipinski definition) is 2. The van der Waals surface area contributed by atoms with Crippen LogP contribution >= 0.6 is 0 Å². The van der Waals surface area contributed by atoms with Crippen LogP contribution in [0.25, 0.3) is 11.3 Å². The van der Waals surface area contributed by atoms with Crippen molar-refractivity contribution in [3.63, 3.8) is 0 Å². The first-order valence-electron chi connectivity index (χ1n) is 8.87. The normalized spacial score (nSPS) is 20.6. The maximum absolute atomic E-state index is 13.1. The van der Waals surface area contributed by atoms with Crippen molar-refractivity contribution in [2.24, 2.45) is 5.92 Å². The molecule has 1 heterocycles. The lowest BCUT2D eigenvalue weighted by Gasteiger charge is -2.27. The van der Waals surface area contributed by atoms with Gasteiger partial charge in [-0.3, -0.25) is 0 Å². The van der Waals surface area contributed by atoms with Crippen LogP contribution in [0.1, 0.15) is 56.8 Å². The molecule has 0 unspecified atom stereocenters. The van der Waals surface area contributed by atoms with Crippen LogP contribution in [0.15, 0.2) is 30.5 Å². The quantitative estimate of drug-likeness (QED) is 0.847. The molecule has 1 aromatic heterocycles. The molecule has 2 fully saturated rings. The lowest BCUT2D eigenvalue weighted by Crippen LogP contribution is -2.36. The van der Waals surface area contributed by atoms with E-state index in [0.717, 1.165) is 17.1 Å². The van der Waals surface area contributed by atoms with Gasteiger partial charge in [0.25, 0.3) is 0 Å². The van der Waals surface area contributed by atoms with Crippen molar-refractivity contribution < 1.29 is 4.39 Å². The summed E-state index contributed by atoms with van der Waals surface area (Å²) in [6.45, 7) is 0. The molecule has 1 aromatic carbocycles. The van der Waals surface area contributed by atoms with Gasteiger partial charge in [0, 0.05) is 17.8 Å². The van der Waals surface area contributed by atoms with Crippen molar-refractivity contribution in [3.8, 4) is 11.3 Å². The highest BCUT2D eigenvalue weighted by atomic mass is 19.1. The summed E-state index contributed by atoms with van der Waals surface area (Å²) in [5.41, 5.74) is 1.86. The van der Waals surface area contributed by atoms with Crippen molar-refractivity contribution in [2.75, 3.05) is 0 Å². The molecule has 0 amide bonds. The number of aromatic nitrogens is 2. The van der Waals surface area contributed by atoms with E-state index in [9.17, 15) is 4.39 Å². The Balaban J connectivity index is 1.51. The van der Waals surface area contributed by atoms with Crippen LogP contribution in [0, 0.1) is 11.7 Å². The van der Waals surface area contributed by atoms with Gasteiger partial charge in [0.2, 0.25) is 0 Å². The smallest absolute Gasteiger partial charge is 0.124 e. The predicted octanol–water partition coefficient (Wildman–Crippen LogP) is 4.59.